The molecule has 3 atom stereocenters. The molecule has 0 aromatic heterocycles. The average molecular weight is 317 g/mol. The van der Waals surface area contributed by atoms with Crippen LogP contribution in [-0.4, -0.2) is 35.1 Å². The number of amides is 2. The summed E-state index contributed by atoms with van der Waals surface area (Å²) in [5.41, 5.74) is 0.237. The van der Waals surface area contributed by atoms with Crippen LogP contribution in [0.15, 0.2) is 24.3 Å². The Morgan fingerprint density at radius 2 is 1.74 bits per heavy atom. The van der Waals surface area contributed by atoms with E-state index < -0.39 is 5.82 Å². The highest BCUT2D eigenvalue weighted by molar-refractivity contribution is 5.89. The molecule has 1 aliphatic carbocycles. The van der Waals surface area contributed by atoms with Crippen molar-refractivity contribution in [3.63, 3.8) is 0 Å². The van der Waals surface area contributed by atoms with Crippen LogP contribution in [-0.2, 0) is 0 Å². The van der Waals surface area contributed by atoms with Crippen molar-refractivity contribution < 1.29 is 9.18 Å². The Hall–Kier alpha value is -1.62. The highest BCUT2D eigenvalue weighted by atomic mass is 19.1. The van der Waals surface area contributed by atoms with Crippen LogP contribution in [0.25, 0.3) is 0 Å². The number of nitrogens with one attached hydrogen (secondary N) is 2. The minimum atomic E-state index is -0.400. The molecule has 2 aliphatic heterocycles. The molecule has 2 N–H and O–H groups in total. The Labute approximate surface area is 136 Å². The highest BCUT2D eigenvalue weighted by Crippen LogP contribution is 2.41. The summed E-state index contributed by atoms with van der Waals surface area (Å²) in [5.74, 6) is -0.400. The fourth-order valence-corrected chi connectivity index (χ4v) is 4.41. The van der Waals surface area contributed by atoms with Crippen LogP contribution >= 0.6 is 0 Å². The number of halogens is 1. The fourth-order valence-electron chi connectivity index (χ4n) is 4.41. The van der Waals surface area contributed by atoms with E-state index in [2.05, 4.69) is 15.5 Å². The number of hydrogen-bond donors (Lipinski definition) is 2. The van der Waals surface area contributed by atoms with Gasteiger partial charge in [-0.25, -0.2) is 9.18 Å². The summed E-state index contributed by atoms with van der Waals surface area (Å²) in [6.45, 7) is 0. The summed E-state index contributed by atoms with van der Waals surface area (Å²) in [4.78, 5) is 14.9. The first-order valence-corrected chi connectivity index (χ1v) is 8.80. The zero-order valence-electron chi connectivity index (χ0n) is 13.3. The molecule has 1 unspecified atom stereocenters. The van der Waals surface area contributed by atoms with Crippen molar-refractivity contribution in [1.82, 2.24) is 10.2 Å². The maximum Gasteiger partial charge on any atom is 0.319 e. The Morgan fingerprint density at radius 3 is 2.39 bits per heavy atom. The first-order chi connectivity index (χ1) is 11.2. The van der Waals surface area contributed by atoms with Crippen molar-refractivity contribution in [2.45, 2.75) is 69.1 Å². The lowest BCUT2D eigenvalue weighted by atomic mass is 9.81. The van der Waals surface area contributed by atoms with Gasteiger partial charge in [0.05, 0.1) is 5.69 Å². The van der Waals surface area contributed by atoms with Crippen molar-refractivity contribution >= 4 is 11.7 Å². The molecule has 3 fully saturated rings. The molecular formula is C18H24FN3O. The number of rotatable bonds is 3. The quantitative estimate of drug-likeness (QED) is 0.896. The number of carbonyl (C=O) groups excluding carboxylic acids is 1. The molecule has 5 heteroatoms. The molecule has 3 aliphatic rings. The summed E-state index contributed by atoms with van der Waals surface area (Å²) in [7, 11) is 0. The second kappa shape index (κ2) is 6.11. The molecule has 0 radical (unpaired) electrons. The van der Waals surface area contributed by atoms with Crippen molar-refractivity contribution in [2.75, 3.05) is 5.32 Å². The zero-order valence-corrected chi connectivity index (χ0v) is 13.3. The van der Waals surface area contributed by atoms with Gasteiger partial charge in [-0.05, 0) is 50.7 Å². The van der Waals surface area contributed by atoms with Gasteiger partial charge in [-0.3, -0.25) is 4.90 Å². The number of hydrogen-bond acceptors (Lipinski definition) is 2. The van der Waals surface area contributed by atoms with Gasteiger partial charge in [0.2, 0.25) is 0 Å². The lowest BCUT2D eigenvalue weighted by Gasteiger charge is -2.49. The number of piperidine rings is 2. The normalized spacial score (nSPS) is 30.7. The lowest BCUT2D eigenvalue weighted by Crippen LogP contribution is -2.58. The van der Waals surface area contributed by atoms with E-state index >= 15 is 0 Å². The number of fused-ring (bicyclic) bond motifs is 2. The summed E-state index contributed by atoms with van der Waals surface area (Å²) in [6, 6.07) is 8.23. The molecule has 2 amide bonds. The van der Waals surface area contributed by atoms with Crippen LogP contribution < -0.4 is 10.6 Å². The number of anilines is 1. The average Bonchev–Trinajstić information content (AvgIpc) is 3.33. The Balaban J connectivity index is 1.36. The van der Waals surface area contributed by atoms with Crippen molar-refractivity contribution in [3.05, 3.63) is 30.1 Å². The highest BCUT2D eigenvalue weighted by Gasteiger charge is 2.45. The van der Waals surface area contributed by atoms with Gasteiger partial charge in [-0.2, -0.15) is 0 Å². The number of carbonyl (C=O) groups is 1. The number of urea groups is 1. The predicted molar refractivity (Wildman–Crippen MR) is 87.9 cm³/mol. The van der Waals surface area contributed by atoms with Crippen LogP contribution in [0.5, 0.6) is 0 Å². The van der Waals surface area contributed by atoms with E-state index in [9.17, 15) is 9.18 Å². The summed E-state index contributed by atoms with van der Waals surface area (Å²) in [5, 5.41) is 5.69. The fraction of sp³-hybridized carbons (Fsp3) is 0.611. The molecule has 2 bridgehead atoms. The van der Waals surface area contributed by atoms with Crippen LogP contribution in [0.4, 0.5) is 14.9 Å². The maximum absolute atomic E-state index is 13.6. The largest absolute Gasteiger partial charge is 0.335 e. The van der Waals surface area contributed by atoms with Crippen LogP contribution in [0.2, 0.25) is 0 Å². The zero-order chi connectivity index (χ0) is 15.8. The van der Waals surface area contributed by atoms with E-state index in [1.165, 1.54) is 38.2 Å². The second-order valence-electron chi connectivity index (χ2n) is 7.16. The standard InChI is InChI=1S/C18H24FN3O/c19-16-6-1-2-7-17(16)21-18(23)20-12-10-14-4-3-5-15(11-12)22(14)13-8-9-13/h1-2,6-7,12-15H,3-5,8-11H2,(H2,20,21,23)/t12?,14-,15+. The molecule has 1 saturated carbocycles. The van der Waals surface area contributed by atoms with Crippen LogP contribution in [0.1, 0.15) is 44.9 Å². The van der Waals surface area contributed by atoms with E-state index in [0.717, 1.165) is 18.9 Å². The van der Waals surface area contributed by atoms with E-state index in [4.69, 9.17) is 0 Å². The van der Waals surface area contributed by atoms with Gasteiger partial charge >= 0.3 is 6.03 Å². The van der Waals surface area contributed by atoms with E-state index in [1.54, 1.807) is 18.2 Å². The minimum Gasteiger partial charge on any atom is -0.335 e. The number of nitrogens with zero attached hydrogens (tertiary/aromatic N) is 1. The number of benzene rings is 1. The van der Waals surface area contributed by atoms with Gasteiger partial charge < -0.3 is 10.6 Å². The molecule has 23 heavy (non-hydrogen) atoms. The van der Waals surface area contributed by atoms with Crippen molar-refractivity contribution in [1.29, 1.82) is 0 Å². The second-order valence-corrected chi connectivity index (χ2v) is 7.16. The third kappa shape index (κ3) is 3.20. The van der Waals surface area contributed by atoms with Gasteiger partial charge in [0, 0.05) is 24.2 Å². The molecule has 1 aromatic rings. The van der Waals surface area contributed by atoms with Gasteiger partial charge in [0.25, 0.3) is 0 Å². The molecular weight excluding hydrogens is 293 g/mol. The topological polar surface area (TPSA) is 44.4 Å². The lowest BCUT2D eigenvalue weighted by molar-refractivity contribution is 0.0198. The Morgan fingerprint density at radius 1 is 1.04 bits per heavy atom. The minimum absolute atomic E-state index is 0.201. The van der Waals surface area contributed by atoms with Gasteiger partial charge in [-0.15, -0.1) is 0 Å². The van der Waals surface area contributed by atoms with Crippen LogP contribution in [0.3, 0.4) is 0 Å². The van der Waals surface area contributed by atoms with Gasteiger partial charge in [-0.1, -0.05) is 18.6 Å². The first-order valence-electron chi connectivity index (χ1n) is 8.80. The molecule has 124 valence electrons. The summed E-state index contributed by atoms with van der Waals surface area (Å²) < 4.78 is 13.6. The summed E-state index contributed by atoms with van der Waals surface area (Å²) in [6.07, 6.45) is 8.56. The Bertz CT molecular complexity index is 575. The molecule has 2 heterocycles. The summed E-state index contributed by atoms with van der Waals surface area (Å²) >= 11 is 0. The van der Waals surface area contributed by atoms with E-state index in [0.29, 0.717) is 12.1 Å². The molecule has 0 spiro atoms. The smallest absolute Gasteiger partial charge is 0.319 e. The molecule has 1 aromatic carbocycles. The third-order valence-corrected chi connectivity index (χ3v) is 5.46. The Kier molecular flexibility index (Phi) is 3.97. The third-order valence-electron chi connectivity index (χ3n) is 5.46. The van der Waals surface area contributed by atoms with E-state index in [1.807, 2.05) is 0 Å². The van der Waals surface area contributed by atoms with Gasteiger partial charge in [0.15, 0.2) is 0 Å². The number of para-hydroxylation sites is 1. The van der Waals surface area contributed by atoms with E-state index in [-0.39, 0.29) is 17.8 Å². The maximum atomic E-state index is 13.6. The molecule has 4 nitrogen and oxygen atoms in total. The molecule has 2 saturated heterocycles. The molecule has 4 rings (SSSR count). The monoisotopic (exact) mass is 317 g/mol. The SMILES string of the molecule is O=C(Nc1ccccc1F)NC1C[C@H]2CCC[C@@H](C1)N2C1CC1. The first kappa shape index (κ1) is 14.9. The van der Waals surface area contributed by atoms with Crippen LogP contribution in [0, 0.1) is 5.82 Å². The van der Waals surface area contributed by atoms with Crippen molar-refractivity contribution in [2.24, 2.45) is 0 Å². The van der Waals surface area contributed by atoms with Crippen molar-refractivity contribution in [3.8, 4) is 0 Å². The van der Waals surface area contributed by atoms with Gasteiger partial charge in [0.1, 0.15) is 5.82 Å². The predicted octanol–water partition coefficient (Wildman–Crippen LogP) is 3.50.